The van der Waals surface area contributed by atoms with Gasteiger partial charge in [-0.05, 0) is 18.6 Å². The summed E-state index contributed by atoms with van der Waals surface area (Å²) >= 11 is 1.24. The van der Waals surface area contributed by atoms with E-state index in [0.717, 1.165) is 24.4 Å². The summed E-state index contributed by atoms with van der Waals surface area (Å²) in [4.78, 5) is 27.3. The quantitative estimate of drug-likeness (QED) is 0.550. The first-order valence-electron chi connectivity index (χ1n) is 7.80. The highest BCUT2D eigenvalue weighted by atomic mass is 32.2. The second-order valence-electron chi connectivity index (χ2n) is 5.03. The van der Waals surface area contributed by atoms with E-state index in [9.17, 15) is 9.59 Å². The van der Waals surface area contributed by atoms with E-state index < -0.39 is 11.9 Å². The molecule has 8 nitrogen and oxygen atoms in total. The Morgan fingerprint density at radius 3 is 2.76 bits per heavy atom. The van der Waals surface area contributed by atoms with Crippen LogP contribution in [0, 0.1) is 0 Å². The van der Waals surface area contributed by atoms with Gasteiger partial charge in [0.05, 0.1) is 5.75 Å². The van der Waals surface area contributed by atoms with E-state index in [2.05, 4.69) is 39.3 Å². The average molecular weight is 360 g/mol. The van der Waals surface area contributed by atoms with Crippen LogP contribution in [0.1, 0.15) is 13.3 Å². The van der Waals surface area contributed by atoms with Crippen LogP contribution in [0.4, 0.5) is 4.79 Å². The van der Waals surface area contributed by atoms with Crippen molar-refractivity contribution in [2.45, 2.75) is 25.0 Å². The topological polar surface area (TPSA) is 102 Å². The van der Waals surface area contributed by atoms with Crippen molar-refractivity contribution in [2.24, 2.45) is 0 Å². The largest absolute Gasteiger partial charge is 0.334 e. The summed E-state index contributed by atoms with van der Waals surface area (Å²) in [5, 5.41) is 13.8. The van der Waals surface area contributed by atoms with Crippen molar-refractivity contribution in [3.05, 3.63) is 37.2 Å². The highest BCUT2D eigenvalue weighted by molar-refractivity contribution is 7.99. The van der Waals surface area contributed by atoms with E-state index in [4.69, 9.17) is 0 Å². The average Bonchev–Trinajstić information content (AvgIpc) is 3.02. The molecule has 9 heteroatoms. The fraction of sp³-hybridized carbons (Fsp3) is 0.312. The number of amides is 3. The van der Waals surface area contributed by atoms with Crippen molar-refractivity contribution in [1.29, 1.82) is 0 Å². The fourth-order valence-electron chi connectivity index (χ4n) is 2.04. The Morgan fingerprint density at radius 1 is 1.32 bits per heavy atom. The molecule has 0 aliphatic heterocycles. The maximum Gasteiger partial charge on any atom is 0.321 e. The zero-order chi connectivity index (χ0) is 18.1. The minimum Gasteiger partial charge on any atom is -0.334 e. The van der Waals surface area contributed by atoms with Crippen molar-refractivity contribution in [2.75, 3.05) is 12.3 Å². The van der Waals surface area contributed by atoms with Crippen LogP contribution >= 0.6 is 11.8 Å². The Morgan fingerprint density at radius 2 is 2.08 bits per heavy atom. The van der Waals surface area contributed by atoms with Gasteiger partial charge in [-0.15, -0.1) is 16.8 Å². The van der Waals surface area contributed by atoms with Crippen LogP contribution in [0.15, 0.2) is 42.3 Å². The van der Waals surface area contributed by atoms with Gasteiger partial charge in [0.25, 0.3) is 0 Å². The molecule has 25 heavy (non-hydrogen) atoms. The number of hydrogen-bond acceptors (Lipinski definition) is 6. The predicted molar refractivity (Wildman–Crippen MR) is 96.0 cm³/mol. The molecule has 2 heterocycles. The second kappa shape index (κ2) is 9.58. The predicted octanol–water partition coefficient (Wildman–Crippen LogP) is 1.85. The number of carbonyl (C=O) groups is 2. The molecule has 0 spiro atoms. The smallest absolute Gasteiger partial charge is 0.321 e. The van der Waals surface area contributed by atoms with E-state index in [-0.39, 0.29) is 5.75 Å². The molecule has 132 valence electrons. The van der Waals surface area contributed by atoms with Gasteiger partial charge in [0.15, 0.2) is 11.0 Å². The van der Waals surface area contributed by atoms with Gasteiger partial charge in [0, 0.05) is 31.0 Å². The number of aromatic nitrogens is 4. The minimum absolute atomic E-state index is 0.0691. The lowest BCUT2D eigenvalue weighted by Crippen LogP contribution is -2.40. The second-order valence-corrected chi connectivity index (χ2v) is 5.97. The third-order valence-electron chi connectivity index (χ3n) is 3.09. The van der Waals surface area contributed by atoms with Gasteiger partial charge in [0.1, 0.15) is 0 Å². The van der Waals surface area contributed by atoms with Gasteiger partial charge >= 0.3 is 6.03 Å². The number of carbonyl (C=O) groups excluding carboxylic acids is 2. The Bertz CT molecular complexity index is 731. The number of nitrogens with one attached hydrogen (secondary N) is 2. The molecule has 2 aromatic rings. The first kappa shape index (κ1) is 18.7. The van der Waals surface area contributed by atoms with Gasteiger partial charge < -0.3 is 9.88 Å². The Kier molecular flexibility index (Phi) is 7.15. The molecule has 0 fully saturated rings. The molecule has 2 N–H and O–H groups in total. The molecule has 0 radical (unpaired) electrons. The number of pyridine rings is 1. The van der Waals surface area contributed by atoms with Gasteiger partial charge in [-0.3, -0.25) is 15.1 Å². The minimum atomic E-state index is -0.544. The van der Waals surface area contributed by atoms with Crippen LogP contribution in [0.3, 0.4) is 0 Å². The van der Waals surface area contributed by atoms with Gasteiger partial charge in [-0.1, -0.05) is 24.8 Å². The van der Waals surface area contributed by atoms with Crippen molar-refractivity contribution in [1.82, 2.24) is 30.4 Å². The van der Waals surface area contributed by atoms with E-state index in [1.165, 1.54) is 17.8 Å². The summed E-state index contributed by atoms with van der Waals surface area (Å²) in [6, 6.07) is 3.18. The molecule has 0 bridgehead atoms. The highest BCUT2D eigenvalue weighted by Gasteiger charge is 2.15. The SMILES string of the molecule is C=CCNC(=O)NC(=O)CSc1nnc(-c2ccncc2)n1CCC. The lowest BCUT2D eigenvalue weighted by molar-refractivity contribution is -0.117. The van der Waals surface area contributed by atoms with Crippen LogP contribution < -0.4 is 10.6 Å². The summed E-state index contributed by atoms with van der Waals surface area (Å²) in [6.45, 7) is 6.57. The summed E-state index contributed by atoms with van der Waals surface area (Å²) < 4.78 is 1.96. The van der Waals surface area contributed by atoms with E-state index in [1.807, 2.05) is 16.7 Å². The molecule has 0 saturated carbocycles. The third-order valence-corrected chi connectivity index (χ3v) is 4.06. The number of rotatable bonds is 8. The van der Waals surface area contributed by atoms with Crippen LogP contribution in [-0.2, 0) is 11.3 Å². The Labute approximate surface area is 150 Å². The standard InChI is InChI=1S/C16H20N6O2S/c1-3-7-18-15(24)19-13(23)11-25-16-21-20-14(22(16)10-4-2)12-5-8-17-9-6-12/h3,5-6,8-9H,1,4,7,10-11H2,2H3,(H2,18,19,23,24). The maximum atomic E-state index is 11.9. The molecular weight excluding hydrogens is 340 g/mol. The molecule has 0 saturated heterocycles. The summed E-state index contributed by atoms with van der Waals surface area (Å²) in [5.74, 6) is 0.402. The van der Waals surface area contributed by atoms with Gasteiger partial charge in [0.2, 0.25) is 5.91 Å². The maximum absolute atomic E-state index is 11.9. The zero-order valence-electron chi connectivity index (χ0n) is 13.9. The summed E-state index contributed by atoms with van der Waals surface area (Å²) in [6.07, 6.45) is 5.83. The molecule has 0 aromatic carbocycles. The first-order chi connectivity index (χ1) is 12.2. The number of nitrogens with zero attached hydrogens (tertiary/aromatic N) is 4. The van der Waals surface area contributed by atoms with Crippen LogP contribution in [0.25, 0.3) is 11.4 Å². The van der Waals surface area contributed by atoms with E-state index in [1.54, 1.807) is 12.4 Å². The zero-order valence-corrected chi connectivity index (χ0v) is 14.8. The molecule has 2 rings (SSSR count). The molecule has 2 aromatic heterocycles. The van der Waals surface area contributed by atoms with Crippen LogP contribution in [-0.4, -0.2) is 44.0 Å². The fourth-order valence-corrected chi connectivity index (χ4v) is 2.80. The molecule has 0 aliphatic rings. The summed E-state index contributed by atoms with van der Waals surface area (Å²) in [5.41, 5.74) is 0.913. The van der Waals surface area contributed by atoms with Gasteiger partial charge in [-0.2, -0.15) is 0 Å². The molecule has 0 unspecified atom stereocenters. The Balaban J connectivity index is 2.02. The number of hydrogen-bond donors (Lipinski definition) is 2. The number of thioether (sulfide) groups is 1. The number of imide groups is 1. The molecular formula is C16H20N6O2S. The van der Waals surface area contributed by atoms with Crippen molar-refractivity contribution >= 4 is 23.7 Å². The first-order valence-corrected chi connectivity index (χ1v) is 8.79. The third kappa shape index (κ3) is 5.42. The summed E-state index contributed by atoms with van der Waals surface area (Å²) in [7, 11) is 0. The van der Waals surface area contributed by atoms with Crippen LogP contribution in [0.2, 0.25) is 0 Å². The molecule has 3 amide bonds. The lowest BCUT2D eigenvalue weighted by atomic mass is 10.2. The van der Waals surface area contributed by atoms with Crippen molar-refractivity contribution in [3.8, 4) is 11.4 Å². The molecule has 0 atom stereocenters. The molecule has 0 aliphatic carbocycles. The van der Waals surface area contributed by atoms with Crippen molar-refractivity contribution in [3.63, 3.8) is 0 Å². The van der Waals surface area contributed by atoms with Crippen LogP contribution in [0.5, 0.6) is 0 Å². The Hall–Kier alpha value is -2.68. The highest BCUT2D eigenvalue weighted by Crippen LogP contribution is 2.23. The van der Waals surface area contributed by atoms with E-state index in [0.29, 0.717) is 11.7 Å². The van der Waals surface area contributed by atoms with Gasteiger partial charge in [-0.25, -0.2) is 4.79 Å². The van der Waals surface area contributed by atoms with E-state index >= 15 is 0 Å². The lowest BCUT2D eigenvalue weighted by Gasteiger charge is -2.09. The number of urea groups is 1. The normalized spacial score (nSPS) is 10.3. The van der Waals surface area contributed by atoms with Crippen molar-refractivity contribution < 1.29 is 9.59 Å². The monoisotopic (exact) mass is 360 g/mol.